The van der Waals surface area contributed by atoms with Crippen LogP contribution in [0, 0.1) is 5.92 Å². The number of ether oxygens (including phenoxy) is 3. The lowest BCUT2D eigenvalue weighted by Gasteiger charge is -2.31. The number of carbonyl (C=O) groups is 2. The largest absolute Gasteiger partial charge is 0.493 e. The molecular formula is C23H25F3N2O5. The van der Waals surface area contributed by atoms with E-state index in [1.54, 1.807) is 17.0 Å². The van der Waals surface area contributed by atoms with Crippen LogP contribution in [0.5, 0.6) is 17.2 Å². The van der Waals surface area contributed by atoms with Crippen LogP contribution in [-0.2, 0) is 11.0 Å². The molecule has 1 heterocycles. The van der Waals surface area contributed by atoms with Crippen molar-refractivity contribution in [1.29, 1.82) is 0 Å². The molecule has 2 aromatic carbocycles. The third-order valence-electron chi connectivity index (χ3n) is 5.52. The molecule has 1 saturated heterocycles. The topological polar surface area (TPSA) is 77.1 Å². The fourth-order valence-corrected chi connectivity index (χ4v) is 3.75. The number of amides is 2. The standard InChI is InChI=1S/C23H25F3N2O5/c1-31-18-11-15(12-19(32-2)20(18)33-3)22(30)28-9-7-14(8-10-28)21(29)27-17-6-4-5-16(13-17)23(24,25)26/h4-6,11-14H,7-10H2,1-3H3,(H,27,29). The van der Waals surface area contributed by atoms with Gasteiger partial charge < -0.3 is 24.4 Å². The molecule has 0 atom stereocenters. The Bertz CT molecular complexity index is 992. The quantitative estimate of drug-likeness (QED) is 0.690. The Morgan fingerprint density at radius 3 is 2.09 bits per heavy atom. The van der Waals surface area contributed by atoms with Gasteiger partial charge in [0, 0.05) is 30.3 Å². The molecule has 1 fully saturated rings. The number of hydrogen-bond donors (Lipinski definition) is 1. The van der Waals surface area contributed by atoms with E-state index in [0.29, 0.717) is 48.7 Å². The predicted octanol–water partition coefficient (Wildman–Crippen LogP) is 4.22. The van der Waals surface area contributed by atoms with Crippen LogP contribution in [-0.4, -0.2) is 51.1 Å². The molecular weight excluding hydrogens is 441 g/mol. The highest BCUT2D eigenvalue weighted by Gasteiger charge is 2.32. The average molecular weight is 466 g/mol. The van der Waals surface area contributed by atoms with E-state index >= 15 is 0 Å². The highest BCUT2D eigenvalue weighted by atomic mass is 19.4. The summed E-state index contributed by atoms with van der Waals surface area (Å²) in [5, 5.41) is 2.55. The second-order valence-corrected chi connectivity index (χ2v) is 7.55. The lowest BCUT2D eigenvalue weighted by Crippen LogP contribution is -2.41. The number of piperidine rings is 1. The molecule has 33 heavy (non-hydrogen) atoms. The Kier molecular flexibility index (Phi) is 7.35. The van der Waals surface area contributed by atoms with Crippen molar-refractivity contribution in [1.82, 2.24) is 4.90 Å². The fraction of sp³-hybridized carbons (Fsp3) is 0.391. The zero-order chi connectivity index (χ0) is 24.2. The Balaban J connectivity index is 1.64. The number of hydrogen-bond acceptors (Lipinski definition) is 5. The van der Waals surface area contributed by atoms with Crippen LogP contribution in [0.4, 0.5) is 18.9 Å². The smallest absolute Gasteiger partial charge is 0.416 e. The van der Waals surface area contributed by atoms with Crippen LogP contribution >= 0.6 is 0 Å². The third kappa shape index (κ3) is 5.50. The number of nitrogens with zero attached hydrogens (tertiary/aromatic N) is 1. The molecule has 2 aromatic rings. The highest BCUT2D eigenvalue weighted by Crippen LogP contribution is 2.38. The minimum absolute atomic E-state index is 0.0887. The first-order valence-electron chi connectivity index (χ1n) is 10.2. The summed E-state index contributed by atoms with van der Waals surface area (Å²) in [5.41, 5.74) is -0.381. The molecule has 2 amide bonds. The van der Waals surface area contributed by atoms with Crippen LogP contribution in [0.25, 0.3) is 0 Å². The third-order valence-corrected chi connectivity index (χ3v) is 5.52. The molecule has 10 heteroatoms. The van der Waals surface area contributed by atoms with Gasteiger partial charge >= 0.3 is 6.18 Å². The molecule has 0 saturated carbocycles. The molecule has 178 valence electrons. The molecule has 1 aliphatic heterocycles. The maximum atomic E-state index is 13.0. The molecule has 0 radical (unpaired) electrons. The van der Waals surface area contributed by atoms with Crippen LogP contribution in [0.2, 0.25) is 0 Å². The van der Waals surface area contributed by atoms with Gasteiger partial charge in [0.25, 0.3) is 5.91 Å². The molecule has 7 nitrogen and oxygen atoms in total. The van der Waals surface area contributed by atoms with Crippen molar-refractivity contribution in [2.24, 2.45) is 5.92 Å². The zero-order valence-electron chi connectivity index (χ0n) is 18.5. The molecule has 1 aliphatic rings. The molecule has 3 rings (SSSR count). The summed E-state index contributed by atoms with van der Waals surface area (Å²) in [6.45, 7) is 0.659. The minimum atomic E-state index is -4.49. The molecule has 0 bridgehead atoms. The van der Waals surface area contributed by atoms with Crippen molar-refractivity contribution >= 4 is 17.5 Å². The molecule has 1 N–H and O–H groups in total. The van der Waals surface area contributed by atoms with E-state index in [1.807, 2.05) is 0 Å². The van der Waals surface area contributed by atoms with Crippen LogP contribution in [0.3, 0.4) is 0 Å². The normalized spacial score (nSPS) is 14.5. The molecule has 0 aliphatic carbocycles. The van der Waals surface area contributed by atoms with Gasteiger partial charge in [-0.2, -0.15) is 13.2 Å². The number of rotatable bonds is 6. The Morgan fingerprint density at radius 2 is 1.58 bits per heavy atom. The van der Waals surface area contributed by atoms with E-state index in [-0.39, 0.29) is 17.5 Å². The van der Waals surface area contributed by atoms with Crippen LogP contribution in [0.15, 0.2) is 36.4 Å². The summed E-state index contributed by atoms with van der Waals surface area (Å²) in [4.78, 5) is 27.2. The maximum absolute atomic E-state index is 13.0. The monoisotopic (exact) mass is 466 g/mol. The zero-order valence-corrected chi connectivity index (χ0v) is 18.5. The van der Waals surface area contributed by atoms with Crippen LogP contribution < -0.4 is 19.5 Å². The number of halogens is 3. The van der Waals surface area contributed by atoms with E-state index in [4.69, 9.17) is 14.2 Å². The van der Waals surface area contributed by atoms with Gasteiger partial charge in [-0.15, -0.1) is 0 Å². The Hall–Kier alpha value is -3.43. The molecule has 0 spiro atoms. The van der Waals surface area contributed by atoms with E-state index < -0.39 is 17.7 Å². The summed E-state index contributed by atoms with van der Waals surface area (Å²) < 4.78 is 54.5. The lowest BCUT2D eigenvalue weighted by molar-refractivity contribution is -0.137. The maximum Gasteiger partial charge on any atom is 0.416 e. The van der Waals surface area contributed by atoms with Gasteiger partial charge in [0.15, 0.2) is 11.5 Å². The highest BCUT2D eigenvalue weighted by molar-refractivity contribution is 5.96. The van der Waals surface area contributed by atoms with E-state index in [0.717, 1.165) is 12.1 Å². The van der Waals surface area contributed by atoms with E-state index in [9.17, 15) is 22.8 Å². The van der Waals surface area contributed by atoms with Crippen molar-refractivity contribution in [3.8, 4) is 17.2 Å². The SMILES string of the molecule is COc1cc(C(=O)N2CCC(C(=O)Nc3cccc(C(F)(F)F)c3)CC2)cc(OC)c1OC. The summed E-state index contributed by atoms with van der Waals surface area (Å²) in [7, 11) is 4.39. The number of anilines is 1. The summed E-state index contributed by atoms with van der Waals surface area (Å²) in [6, 6.07) is 7.64. The van der Waals surface area contributed by atoms with E-state index in [1.165, 1.54) is 33.5 Å². The molecule has 0 aromatic heterocycles. The lowest BCUT2D eigenvalue weighted by atomic mass is 9.95. The first kappa shape index (κ1) is 24.2. The number of methoxy groups -OCH3 is 3. The van der Waals surface area contributed by atoms with Gasteiger partial charge in [0.1, 0.15) is 0 Å². The number of carbonyl (C=O) groups excluding carboxylic acids is 2. The Labute approximate surface area is 189 Å². The first-order valence-corrected chi connectivity index (χ1v) is 10.2. The average Bonchev–Trinajstić information content (AvgIpc) is 2.82. The number of benzene rings is 2. The van der Waals surface area contributed by atoms with Crippen molar-refractivity contribution in [2.75, 3.05) is 39.7 Å². The molecule has 0 unspecified atom stereocenters. The van der Waals surface area contributed by atoms with Gasteiger partial charge in [-0.1, -0.05) is 6.07 Å². The van der Waals surface area contributed by atoms with Gasteiger partial charge in [-0.05, 0) is 43.2 Å². The second-order valence-electron chi connectivity index (χ2n) is 7.55. The number of likely N-dealkylation sites (tertiary alicyclic amines) is 1. The van der Waals surface area contributed by atoms with E-state index in [2.05, 4.69) is 5.32 Å². The van der Waals surface area contributed by atoms with Crippen molar-refractivity contribution < 1.29 is 37.0 Å². The van der Waals surface area contributed by atoms with Crippen LogP contribution in [0.1, 0.15) is 28.8 Å². The van der Waals surface area contributed by atoms with Crippen molar-refractivity contribution in [3.63, 3.8) is 0 Å². The first-order chi connectivity index (χ1) is 15.7. The summed E-state index contributed by atoms with van der Waals surface area (Å²) in [5.74, 6) is 0.0661. The summed E-state index contributed by atoms with van der Waals surface area (Å²) in [6.07, 6.45) is -3.71. The summed E-state index contributed by atoms with van der Waals surface area (Å²) >= 11 is 0. The number of nitrogens with one attached hydrogen (secondary N) is 1. The van der Waals surface area contributed by atoms with Gasteiger partial charge in [0.05, 0.1) is 26.9 Å². The Morgan fingerprint density at radius 1 is 0.970 bits per heavy atom. The van der Waals surface area contributed by atoms with Gasteiger partial charge in [0.2, 0.25) is 11.7 Å². The van der Waals surface area contributed by atoms with Gasteiger partial charge in [-0.3, -0.25) is 9.59 Å². The second kappa shape index (κ2) is 10.0. The predicted molar refractivity (Wildman–Crippen MR) is 115 cm³/mol. The van der Waals surface area contributed by atoms with Crippen molar-refractivity contribution in [2.45, 2.75) is 19.0 Å². The minimum Gasteiger partial charge on any atom is -0.493 e. The number of alkyl halides is 3. The fourth-order valence-electron chi connectivity index (χ4n) is 3.75. The van der Waals surface area contributed by atoms with Crippen molar-refractivity contribution in [3.05, 3.63) is 47.5 Å². The van der Waals surface area contributed by atoms with Gasteiger partial charge in [-0.25, -0.2) is 0 Å².